The van der Waals surface area contributed by atoms with Crippen molar-refractivity contribution in [2.24, 2.45) is 22.4 Å². The van der Waals surface area contributed by atoms with Gasteiger partial charge in [0, 0.05) is 26.4 Å². The van der Waals surface area contributed by atoms with Crippen LogP contribution in [0.4, 0.5) is 0 Å². The molecule has 0 aromatic heterocycles. The van der Waals surface area contributed by atoms with E-state index in [0.29, 0.717) is 19.3 Å². The number of nitrogens with zero attached hydrogens (tertiary/aromatic N) is 1. The molecule has 1 aromatic carbocycles. The average Bonchev–Trinajstić information content (AvgIpc) is 3.19. The van der Waals surface area contributed by atoms with Crippen molar-refractivity contribution in [3.8, 4) is 0 Å². The molecule has 0 saturated carbocycles. The SMILES string of the molecule is CCCCCCCCCCCCCCCC(=O)N[C@@H](CC(C)C)C(=O)N[C@@H](C)C(=O)N[C@@H](C)C(=O)N[C@@H](Cc1ccccc1)C(=O)N[C@@H](CCCN=C(N)N)C(=O)NC. The topological polar surface area (TPSA) is 239 Å². The first-order valence-electron chi connectivity index (χ1n) is 22.0. The summed E-state index contributed by atoms with van der Waals surface area (Å²) in [6.45, 7) is 9.37. The number of nitrogens with one attached hydrogen (secondary N) is 6. The molecule has 15 nitrogen and oxygen atoms in total. The van der Waals surface area contributed by atoms with Crippen molar-refractivity contribution >= 4 is 41.4 Å². The maximum atomic E-state index is 13.6. The molecule has 0 spiro atoms. The molecule has 0 unspecified atom stereocenters. The van der Waals surface area contributed by atoms with Crippen molar-refractivity contribution in [1.82, 2.24) is 31.9 Å². The third-order valence-corrected chi connectivity index (χ3v) is 10.1. The fraction of sp³-hybridized carbons (Fsp3) is 0.705. The van der Waals surface area contributed by atoms with Crippen molar-refractivity contribution in [3.63, 3.8) is 0 Å². The molecule has 10 N–H and O–H groups in total. The molecule has 1 rings (SSSR count). The highest BCUT2D eigenvalue weighted by atomic mass is 16.2. The summed E-state index contributed by atoms with van der Waals surface area (Å²) in [5.74, 6) is -2.93. The number of hydrogen-bond donors (Lipinski definition) is 8. The van der Waals surface area contributed by atoms with Gasteiger partial charge in [0.2, 0.25) is 35.4 Å². The van der Waals surface area contributed by atoms with Gasteiger partial charge in [-0.2, -0.15) is 0 Å². The number of carbonyl (C=O) groups is 6. The van der Waals surface area contributed by atoms with Gasteiger partial charge in [-0.3, -0.25) is 33.8 Å². The number of benzene rings is 1. The molecule has 0 aliphatic heterocycles. The number of amides is 6. The van der Waals surface area contributed by atoms with Crippen LogP contribution in [0, 0.1) is 5.92 Å². The van der Waals surface area contributed by atoms with Gasteiger partial charge in [0.15, 0.2) is 5.96 Å². The van der Waals surface area contributed by atoms with E-state index in [-0.39, 0.29) is 37.2 Å². The Balaban J connectivity index is 2.71. The Kier molecular flexibility index (Phi) is 27.7. The van der Waals surface area contributed by atoms with Gasteiger partial charge in [-0.05, 0) is 51.0 Å². The first-order valence-corrected chi connectivity index (χ1v) is 22.0. The highest BCUT2D eigenvalue weighted by Crippen LogP contribution is 2.14. The molecule has 1 aromatic rings. The monoisotopic (exact) mass is 828 g/mol. The van der Waals surface area contributed by atoms with Crippen LogP contribution in [-0.2, 0) is 35.2 Å². The summed E-state index contributed by atoms with van der Waals surface area (Å²) in [4.78, 5) is 82.9. The molecule has 0 fully saturated rings. The minimum Gasteiger partial charge on any atom is -0.370 e. The van der Waals surface area contributed by atoms with Crippen molar-refractivity contribution in [3.05, 3.63) is 35.9 Å². The van der Waals surface area contributed by atoms with Crippen LogP contribution >= 0.6 is 0 Å². The first-order chi connectivity index (χ1) is 28.2. The summed E-state index contributed by atoms with van der Waals surface area (Å²) >= 11 is 0. The van der Waals surface area contributed by atoms with Gasteiger partial charge in [0.05, 0.1) is 0 Å². The number of hydrogen-bond acceptors (Lipinski definition) is 7. The van der Waals surface area contributed by atoms with E-state index in [1.807, 2.05) is 32.0 Å². The highest BCUT2D eigenvalue weighted by molar-refractivity contribution is 5.96. The van der Waals surface area contributed by atoms with Crippen LogP contribution in [0.3, 0.4) is 0 Å². The number of carbonyl (C=O) groups excluding carboxylic acids is 6. The van der Waals surface area contributed by atoms with E-state index in [0.717, 1.165) is 24.8 Å². The predicted octanol–water partition coefficient (Wildman–Crippen LogP) is 4.02. The molecular formula is C44H77N9O6. The molecule has 0 saturated heterocycles. The highest BCUT2D eigenvalue weighted by Gasteiger charge is 2.30. The number of likely N-dealkylation sites (N-methyl/N-ethyl adjacent to an activating group) is 1. The van der Waals surface area contributed by atoms with E-state index < -0.39 is 59.7 Å². The fourth-order valence-electron chi connectivity index (χ4n) is 6.63. The minimum absolute atomic E-state index is 0.0800. The molecule has 0 aliphatic carbocycles. The second-order valence-electron chi connectivity index (χ2n) is 16.1. The van der Waals surface area contributed by atoms with Gasteiger partial charge in [-0.25, -0.2) is 0 Å². The van der Waals surface area contributed by atoms with Crippen molar-refractivity contribution < 1.29 is 28.8 Å². The summed E-state index contributed by atoms with van der Waals surface area (Å²) in [5.41, 5.74) is 11.5. The summed E-state index contributed by atoms with van der Waals surface area (Å²) in [6, 6.07) is 4.11. The lowest BCUT2D eigenvalue weighted by atomic mass is 10.0. The van der Waals surface area contributed by atoms with Gasteiger partial charge in [0.25, 0.3) is 0 Å². The van der Waals surface area contributed by atoms with Crippen molar-refractivity contribution in [2.45, 2.75) is 180 Å². The number of aliphatic imine (C=N–C) groups is 1. The lowest BCUT2D eigenvalue weighted by Gasteiger charge is -2.25. The minimum atomic E-state index is -1.09. The quantitative estimate of drug-likeness (QED) is 0.0299. The van der Waals surface area contributed by atoms with Crippen LogP contribution in [0.5, 0.6) is 0 Å². The standard InChI is InChI=1S/C44H77N9O6/c1-7-8-9-10-11-12-13-14-15-16-17-18-22-27-38(54)51-36(29-31(2)3)42(58)50-32(4)39(55)49-33(5)40(56)53-37(30-34-24-20-19-21-25-34)43(59)52-35(41(57)47-6)26-23-28-48-44(45)46/h19-21,24-25,31-33,35-37H,7-18,22-23,26-30H2,1-6H3,(H,47,57)(H,49,55)(H,50,58)(H,51,54)(H,52,59)(H,53,56)(H4,45,46,48)/t32-,33-,35-,36-,37-/m0/s1. The third-order valence-electron chi connectivity index (χ3n) is 10.1. The van der Waals surface area contributed by atoms with Crippen LogP contribution < -0.4 is 43.4 Å². The number of guanidine groups is 1. The van der Waals surface area contributed by atoms with Crippen LogP contribution in [0.25, 0.3) is 0 Å². The second-order valence-corrected chi connectivity index (χ2v) is 16.1. The summed E-state index contributed by atoms with van der Waals surface area (Å²) in [5, 5.41) is 16.1. The largest absolute Gasteiger partial charge is 0.370 e. The Morgan fingerprint density at radius 2 is 1.07 bits per heavy atom. The van der Waals surface area contributed by atoms with Gasteiger partial charge in [-0.15, -0.1) is 0 Å². The summed E-state index contributed by atoms with van der Waals surface area (Å²) in [6.07, 6.45) is 17.2. The molecule has 0 bridgehead atoms. The van der Waals surface area contributed by atoms with E-state index in [2.05, 4.69) is 43.8 Å². The Morgan fingerprint density at radius 1 is 0.576 bits per heavy atom. The van der Waals surface area contributed by atoms with E-state index in [4.69, 9.17) is 11.5 Å². The number of nitrogens with two attached hydrogens (primary N) is 2. The normalized spacial score (nSPS) is 13.5. The molecular weight excluding hydrogens is 751 g/mol. The van der Waals surface area contributed by atoms with Crippen LogP contribution in [0.2, 0.25) is 0 Å². The molecule has 0 heterocycles. The Labute approximate surface area is 353 Å². The Hall–Kier alpha value is -4.69. The maximum Gasteiger partial charge on any atom is 0.243 e. The Bertz CT molecular complexity index is 1420. The van der Waals surface area contributed by atoms with E-state index in [1.54, 1.807) is 12.1 Å². The molecule has 334 valence electrons. The Morgan fingerprint density at radius 3 is 1.59 bits per heavy atom. The lowest BCUT2D eigenvalue weighted by molar-refractivity contribution is -0.134. The summed E-state index contributed by atoms with van der Waals surface area (Å²) < 4.78 is 0. The third kappa shape index (κ3) is 24.7. The van der Waals surface area contributed by atoms with Gasteiger partial charge >= 0.3 is 0 Å². The number of rotatable bonds is 32. The van der Waals surface area contributed by atoms with E-state index in [1.165, 1.54) is 85.1 Å². The van der Waals surface area contributed by atoms with Gasteiger partial charge in [0.1, 0.15) is 30.2 Å². The summed E-state index contributed by atoms with van der Waals surface area (Å²) in [7, 11) is 1.45. The zero-order valence-corrected chi connectivity index (χ0v) is 36.8. The van der Waals surface area contributed by atoms with Crippen LogP contribution in [0.1, 0.15) is 149 Å². The second kappa shape index (κ2) is 31.3. The van der Waals surface area contributed by atoms with E-state index in [9.17, 15) is 28.8 Å². The number of unbranched alkanes of at least 4 members (excludes halogenated alkanes) is 12. The van der Waals surface area contributed by atoms with Crippen LogP contribution in [-0.4, -0.2) is 85.2 Å². The molecule has 0 radical (unpaired) electrons. The zero-order valence-electron chi connectivity index (χ0n) is 36.8. The average molecular weight is 828 g/mol. The maximum absolute atomic E-state index is 13.6. The van der Waals surface area contributed by atoms with Crippen molar-refractivity contribution in [1.29, 1.82) is 0 Å². The predicted molar refractivity (Wildman–Crippen MR) is 235 cm³/mol. The molecule has 0 aliphatic rings. The lowest BCUT2D eigenvalue weighted by Crippen LogP contribution is -2.58. The van der Waals surface area contributed by atoms with Crippen molar-refractivity contribution in [2.75, 3.05) is 13.6 Å². The van der Waals surface area contributed by atoms with Gasteiger partial charge < -0.3 is 43.4 Å². The molecule has 59 heavy (non-hydrogen) atoms. The molecule has 6 amide bonds. The smallest absolute Gasteiger partial charge is 0.243 e. The zero-order chi connectivity index (χ0) is 44.0. The molecule has 5 atom stereocenters. The fourth-order valence-corrected chi connectivity index (χ4v) is 6.63. The first kappa shape index (κ1) is 52.3. The van der Waals surface area contributed by atoms with E-state index >= 15 is 0 Å². The van der Waals surface area contributed by atoms with Crippen LogP contribution in [0.15, 0.2) is 35.3 Å². The molecule has 15 heteroatoms. The van der Waals surface area contributed by atoms with Gasteiger partial charge in [-0.1, -0.05) is 128 Å².